The Hall–Kier alpha value is -6.77. The molecule has 1 aromatic heterocycles. The molecule has 51 heavy (non-hydrogen) atoms. The van der Waals surface area contributed by atoms with Gasteiger partial charge in [0.15, 0.2) is 0 Å². The highest BCUT2D eigenvalue weighted by molar-refractivity contribution is 6.22. The minimum Gasteiger partial charge on any atom is -0.292 e. The monoisotopic (exact) mass is 648 g/mol. The summed E-state index contributed by atoms with van der Waals surface area (Å²) in [5.41, 5.74) is 11.6. The molecule has 0 fully saturated rings. The molecule has 1 heterocycles. The van der Waals surface area contributed by atoms with Gasteiger partial charge in [-0.3, -0.25) is 4.57 Å². The van der Waals surface area contributed by atoms with E-state index in [4.69, 9.17) is 4.98 Å². The van der Waals surface area contributed by atoms with Crippen molar-refractivity contribution in [3.63, 3.8) is 0 Å². The average molecular weight is 649 g/mol. The SMILES string of the molecule is c1ccc(-c2c3ccccc3c(-c3ccccc3)c3cc(-c4ccc(-n5c(-c6ccccc6)nc6cc7ccccc7cc65)cc4)ccc23)cc1. The molecule has 0 aliphatic carbocycles. The van der Waals surface area contributed by atoms with Crippen LogP contribution in [0.15, 0.2) is 194 Å². The van der Waals surface area contributed by atoms with Gasteiger partial charge in [-0.25, -0.2) is 4.98 Å². The molecule has 0 aliphatic heterocycles. The van der Waals surface area contributed by atoms with Gasteiger partial charge in [0, 0.05) is 11.3 Å². The highest BCUT2D eigenvalue weighted by Crippen LogP contribution is 2.45. The number of benzene rings is 9. The van der Waals surface area contributed by atoms with Crippen LogP contribution >= 0.6 is 0 Å². The number of rotatable bonds is 5. The number of fused-ring (bicyclic) bond motifs is 4. The van der Waals surface area contributed by atoms with Gasteiger partial charge in [0.05, 0.1) is 11.0 Å². The molecule has 0 bridgehead atoms. The van der Waals surface area contributed by atoms with Crippen molar-refractivity contribution in [2.45, 2.75) is 0 Å². The summed E-state index contributed by atoms with van der Waals surface area (Å²) in [4.78, 5) is 5.18. The number of nitrogens with zero attached hydrogens (tertiary/aromatic N) is 2. The maximum atomic E-state index is 5.18. The van der Waals surface area contributed by atoms with Crippen LogP contribution in [-0.2, 0) is 0 Å². The van der Waals surface area contributed by atoms with E-state index in [0.29, 0.717) is 0 Å². The molecule has 10 rings (SSSR count). The van der Waals surface area contributed by atoms with Gasteiger partial charge in [-0.1, -0.05) is 164 Å². The molecule has 0 N–H and O–H groups in total. The van der Waals surface area contributed by atoms with E-state index in [-0.39, 0.29) is 0 Å². The van der Waals surface area contributed by atoms with Crippen LogP contribution in [0.25, 0.3) is 93.8 Å². The summed E-state index contributed by atoms with van der Waals surface area (Å²) >= 11 is 0. The Labute approximate surface area is 296 Å². The highest BCUT2D eigenvalue weighted by Gasteiger charge is 2.18. The first-order chi connectivity index (χ1) is 25.3. The second-order valence-corrected chi connectivity index (χ2v) is 13.2. The molecule has 0 amide bonds. The van der Waals surface area contributed by atoms with Gasteiger partial charge >= 0.3 is 0 Å². The molecule has 0 atom stereocenters. The molecule has 0 spiro atoms. The molecule has 2 nitrogen and oxygen atoms in total. The first kappa shape index (κ1) is 29.2. The topological polar surface area (TPSA) is 17.8 Å². The Balaban J connectivity index is 1.17. The van der Waals surface area contributed by atoms with Crippen molar-refractivity contribution in [2.75, 3.05) is 0 Å². The van der Waals surface area contributed by atoms with Crippen LogP contribution in [0.4, 0.5) is 0 Å². The van der Waals surface area contributed by atoms with E-state index in [1.165, 1.54) is 65.7 Å². The van der Waals surface area contributed by atoms with Crippen molar-refractivity contribution in [1.29, 1.82) is 0 Å². The van der Waals surface area contributed by atoms with Crippen LogP contribution in [0.5, 0.6) is 0 Å². The number of imidazole rings is 1. The van der Waals surface area contributed by atoms with Crippen molar-refractivity contribution < 1.29 is 0 Å². The molecule has 0 radical (unpaired) electrons. The number of hydrogen-bond donors (Lipinski definition) is 0. The van der Waals surface area contributed by atoms with Gasteiger partial charge in [-0.05, 0) is 96.0 Å². The minimum absolute atomic E-state index is 0.937. The maximum absolute atomic E-state index is 5.18. The third kappa shape index (κ3) is 4.92. The minimum atomic E-state index is 0.937. The summed E-state index contributed by atoms with van der Waals surface area (Å²) in [7, 11) is 0. The van der Waals surface area contributed by atoms with Crippen LogP contribution < -0.4 is 0 Å². The number of aromatic nitrogens is 2. The molecular formula is C49H32N2. The molecule has 238 valence electrons. The molecule has 0 aliphatic rings. The average Bonchev–Trinajstić information content (AvgIpc) is 3.58. The van der Waals surface area contributed by atoms with Crippen molar-refractivity contribution >= 4 is 43.4 Å². The molecule has 0 saturated carbocycles. The second-order valence-electron chi connectivity index (χ2n) is 13.2. The van der Waals surface area contributed by atoms with E-state index in [1.807, 2.05) is 0 Å². The normalized spacial score (nSPS) is 11.5. The number of hydrogen-bond acceptors (Lipinski definition) is 1. The predicted molar refractivity (Wildman–Crippen MR) is 215 cm³/mol. The zero-order valence-electron chi connectivity index (χ0n) is 27.9. The van der Waals surface area contributed by atoms with Crippen molar-refractivity contribution in [2.24, 2.45) is 0 Å². The fourth-order valence-electron chi connectivity index (χ4n) is 7.80. The Morgan fingerprint density at radius 2 is 0.824 bits per heavy atom. The van der Waals surface area contributed by atoms with Gasteiger partial charge in [-0.2, -0.15) is 0 Å². The first-order valence-corrected chi connectivity index (χ1v) is 17.5. The Morgan fingerprint density at radius 1 is 0.333 bits per heavy atom. The van der Waals surface area contributed by atoms with Crippen LogP contribution in [0.2, 0.25) is 0 Å². The lowest BCUT2D eigenvalue weighted by Gasteiger charge is -2.19. The summed E-state index contributed by atoms with van der Waals surface area (Å²) < 4.78 is 2.30. The van der Waals surface area contributed by atoms with Crippen LogP contribution in [0.3, 0.4) is 0 Å². The van der Waals surface area contributed by atoms with Crippen molar-refractivity contribution in [3.05, 3.63) is 194 Å². The van der Waals surface area contributed by atoms with E-state index in [9.17, 15) is 0 Å². The summed E-state index contributed by atoms with van der Waals surface area (Å²) in [5.74, 6) is 0.937. The Morgan fingerprint density at radius 3 is 1.45 bits per heavy atom. The van der Waals surface area contributed by atoms with Gasteiger partial charge in [0.2, 0.25) is 0 Å². The standard InChI is InChI=1S/C49H32N2/c1-4-14-34(15-5-1)47-41-22-12-13-23-42(41)48(35-16-6-2-7-17-35)44-30-39(26-29-43(44)47)33-24-27-40(28-25-33)51-46-32-38-21-11-10-20-37(38)31-45(46)50-49(51)36-18-8-3-9-19-36/h1-32H. The van der Waals surface area contributed by atoms with E-state index >= 15 is 0 Å². The van der Waals surface area contributed by atoms with Gasteiger partial charge < -0.3 is 0 Å². The molecule has 0 unspecified atom stereocenters. The van der Waals surface area contributed by atoms with E-state index in [0.717, 1.165) is 28.1 Å². The van der Waals surface area contributed by atoms with E-state index < -0.39 is 0 Å². The first-order valence-electron chi connectivity index (χ1n) is 17.5. The van der Waals surface area contributed by atoms with Crippen LogP contribution in [0.1, 0.15) is 0 Å². The maximum Gasteiger partial charge on any atom is 0.145 e. The van der Waals surface area contributed by atoms with Gasteiger partial charge in [0.1, 0.15) is 5.82 Å². The van der Waals surface area contributed by atoms with E-state index in [2.05, 4.69) is 199 Å². The second kappa shape index (κ2) is 12.0. The lowest BCUT2D eigenvalue weighted by molar-refractivity contribution is 1.10. The van der Waals surface area contributed by atoms with Crippen molar-refractivity contribution in [1.82, 2.24) is 9.55 Å². The quantitative estimate of drug-likeness (QED) is 0.170. The van der Waals surface area contributed by atoms with Crippen LogP contribution in [-0.4, -0.2) is 9.55 Å². The molecule has 9 aromatic carbocycles. The summed E-state index contributed by atoms with van der Waals surface area (Å²) in [5, 5.41) is 7.43. The lowest BCUT2D eigenvalue weighted by Crippen LogP contribution is -1.97. The highest BCUT2D eigenvalue weighted by atomic mass is 15.1. The Bertz CT molecular complexity index is 2870. The summed E-state index contributed by atoms with van der Waals surface area (Å²) in [6, 6.07) is 69.9. The molecule has 10 aromatic rings. The zero-order valence-corrected chi connectivity index (χ0v) is 27.9. The van der Waals surface area contributed by atoms with Crippen LogP contribution in [0, 0.1) is 0 Å². The molecule has 0 saturated heterocycles. The predicted octanol–water partition coefficient (Wildman–Crippen LogP) is 13.2. The summed E-state index contributed by atoms with van der Waals surface area (Å²) in [6.45, 7) is 0. The zero-order chi connectivity index (χ0) is 33.7. The lowest BCUT2D eigenvalue weighted by atomic mass is 9.85. The third-order valence-corrected chi connectivity index (χ3v) is 10.2. The fourth-order valence-corrected chi connectivity index (χ4v) is 7.80. The third-order valence-electron chi connectivity index (χ3n) is 10.2. The molecule has 2 heteroatoms. The largest absolute Gasteiger partial charge is 0.292 e. The van der Waals surface area contributed by atoms with E-state index in [1.54, 1.807) is 0 Å². The molecular weight excluding hydrogens is 617 g/mol. The smallest absolute Gasteiger partial charge is 0.145 e. The van der Waals surface area contributed by atoms with Gasteiger partial charge in [-0.15, -0.1) is 0 Å². The fraction of sp³-hybridized carbons (Fsp3) is 0. The van der Waals surface area contributed by atoms with Gasteiger partial charge in [0.25, 0.3) is 0 Å². The van der Waals surface area contributed by atoms with Crippen molar-refractivity contribution in [3.8, 4) is 50.5 Å². The summed E-state index contributed by atoms with van der Waals surface area (Å²) in [6.07, 6.45) is 0. The Kier molecular flexibility index (Phi) is 6.85.